The summed E-state index contributed by atoms with van der Waals surface area (Å²) < 4.78 is 10.4. The Bertz CT molecular complexity index is 703. The number of nitro benzene ring substituents is 1. The molecule has 0 saturated carbocycles. The second-order valence-corrected chi connectivity index (χ2v) is 4.97. The van der Waals surface area contributed by atoms with Crippen LogP contribution in [0.15, 0.2) is 48.5 Å². The first-order chi connectivity index (χ1) is 11.6. The van der Waals surface area contributed by atoms with Crippen LogP contribution in [0.5, 0.6) is 11.5 Å². The Labute approximate surface area is 139 Å². The maximum absolute atomic E-state index is 11.8. The lowest BCUT2D eigenvalue weighted by Gasteiger charge is -2.10. The van der Waals surface area contributed by atoms with E-state index < -0.39 is 4.92 Å². The Morgan fingerprint density at radius 2 is 1.92 bits per heavy atom. The third-order valence-corrected chi connectivity index (χ3v) is 3.30. The highest BCUT2D eigenvalue weighted by Crippen LogP contribution is 2.30. The standard InChI is InChI=1S/C17H18N2O5/c1-23-15-8-7-14(19(21)22)11-16(15)24-12-17(20)18-10-9-13-5-3-2-4-6-13/h2-8,11H,9-10,12H2,1H3,(H,18,20). The van der Waals surface area contributed by atoms with Gasteiger partial charge in [-0.3, -0.25) is 14.9 Å². The van der Waals surface area contributed by atoms with Gasteiger partial charge in [0.25, 0.3) is 11.6 Å². The van der Waals surface area contributed by atoms with Crippen molar-refractivity contribution in [1.29, 1.82) is 0 Å². The number of ether oxygens (including phenoxy) is 2. The van der Waals surface area contributed by atoms with Crippen LogP contribution in [0.4, 0.5) is 5.69 Å². The average molecular weight is 330 g/mol. The molecule has 0 aliphatic heterocycles. The van der Waals surface area contributed by atoms with E-state index in [-0.39, 0.29) is 24.0 Å². The maximum Gasteiger partial charge on any atom is 0.273 e. The molecule has 0 spiro atoms. The summed E-state index contributed by atoms with van der Waals surface area (Å²) in [6.07, 6.45) is 0.715. The summed E-state index contributed by atoms with van der Waals surface area (Å²) >= 11 is 0. The van der Waals surface area contributed by atoms with Crippen molar-refractivity contribution in [3.63, 3.8) is 0 Å². The number of hydrogen-bond donors (Lipinski definition) is 1. The highest BCUT2D eigenvalue weighted by Gasteiger charge is 2.13. The van der Waals surface area contributed by atoms with Gasteiger partial charge in [0.2, 0.25) is 0 Å². The Kier molecular flexibility index (Phi) is 6.13. The summed E-state index contributed by atoms with van der Waals surface area (Å²) in [5.74, 6) is 0.182. The number of non-ortho nitro benzene ring substituents is 1. The first-order valence-electron chi connectivity index (χ1n) is 7.36. The number of benzene rings is 2. The van der Waals surface area contributed by atoms with Gasteiger partial charge in [-0.05, 0) is 18.1 Å². The SMILES string of the molecule is COc1ccc([N+](=O)[O-])cc1OCC(=O)NCCc1ccccc1. The molecule has 0 aliphatic carbocycles. The lowest BCUT2D eigenvalue weighted by molar-refractivity contribution is -0.385. The van der Waals surface area contributed by atoms with E-state index in [2.05, 4.69) is 5.32 Å². The minimum absolute atomic E-state index is 0.129. The number of nitrogens with zero attached hydrogens (tertiary/aromatic N) is 1. The van der Waals surface area contributed by atoms with Crippen molar-refractivity contribution in [1.82, 2.24) is 5.32 Å². The van der Waals surface area contributed by atoms with Crippen LogP contribution in [0.25, 0.3) is 0 Å². The predicted molar refractivity (Wildman–Crippen MR) is 88.3 cm³/mol. The highest BCUT2D eigenvalue weighted by molar-refractivity contribution is 5.77. The van der Waals surface area contributed by atoms with E-state index in [1.54, 1.807) is 0 Å². The molecule has 0 saturated heterocycles. The van der Waals surface area contributed by atoms with E-state index >= 15 is 0 Å². The van der Waals surface area contributed by atoms with Crippen molar-refractivity contribution >= 4 is 11.6 Å². The Morgan fingerprint density at radius 3 is 2.58 bits per heavy atom. The van der Waals surface area contributed by atoms with Gasteiger partial charge in [-0.25, -0.2) is 0 Å². The van der Waals surface area contributed by atoms with E-state index in [9.17, 15) is 14.9 Å². The lowest BCUT2D eigenvalue weighted by atomic mass is 10.1. The summed E-state index contributed by atoms with van der Waals surface area (Å²) in [5, 5.41) is 13.5. The fourth-order valence-electron chi connectivity index (χ4n) is 2.08. The van der Waals surface area contributed by atoms with Crippen LogP contribution < -0.4 is 14.8 Å². The number of carbonyl (C=O) groups is 1. The number of nitrogens with one attached hydrogen (secondary N) is 1. The molecule has 2 aromatic rings. The predicted octanol–water partition coefficient (Wildman–Crippen LogP) is 2.34. The molecule has 1 N–H and O–H groups in total. The molecule has 24 heavy (non-hydrogen) atoms. The van der Waals surface area contributed by atoms with Crippen molar-refractivity contribution in [2.75, 3.05) is 20.3 Å². The Balaban J connectivity index is 1.84. The van der Waals surface area contributed by atoms with Gasteiger partial charge >= 0.3 is 0 Å². The van der Waals surface area contributed by atoms with Crippen molar-refractivity contribution in [2.24, 2.45) is 0 Å². The lowest BCUT2D eigenvalue weighted by Crippen LogP contribution is -2.30. The fraction of sp³-hybridized carbons (Fsp3) is 0.235. The molecule has 1 amide bonds. The van der Waals surface area contributed by atoms with Crippen LogP contribution in [0, 0.1) is 10.1 Å². The first kappa shape index (κ1) is 17.3. The zero-order valence-corrected chi connectivity index (χ0v) is 13.2. The molecule has 0 fully saturated rings. The van der Waals surface area contributed by atoms with Crippen LogP contribution in [0.2, 0.25) is 0 Å². The van der Waals surface area contributed by atoms with Crippen LogP contribution in [0.3, 0.4) is 0 Å². The number of rotatable bonds is 8. The normalized spacial score (nSPS) is 10.0. The fourth-order valence-corrected chi connectivity index (χ4v) is 2.08. The van der Waals surface area contributed by atoms with Crippen molar-refractivity contribution in [3.8, 4) is 11.5 Å². The van der Waals surface area contributed by atoms with Crippen LogP contribution in [-0.4, -0.2) is 31.1 Å². The summed E-state index contributed by atoms with van der Waals surface area (Å²) in [4.78, 5) is 22.1. The minimum atomic E-state index is -0.535. The van der Waals surface area contributed by atoms with Crippen LogP contribution >= 0.6 is 0 Å². The molecule has 0 aromatic heterocycles. The zero-order chi connectivity index (χ0) is 17.4. The van der Waals surface area contributed by atoms with Gasteiger partial charge in [-0.1, -0.05) is 30.3 Å². The van der Waals surface area contributed by atoms with Crippen LogP contribution in [-0.2, 0) is 11.2 Å². The smallest absolute Gasteiger partial charge is 0.273 e. The first-order valence-corrected chi connectivity index (χ1v) is 7.36. The highest BCUT2D eigenvalue weighted by atomic mass is 16.6. The van der Waals surface area contributed by atoms with Crippen LogP contribution in [0.1, 0.15) is 5.56 Å². The summed E-state index contributed by atoms with van der Waals surface area (Å²) in [5.41, 5.74) is 0.995. The maximum atomic E-state index is 11.8. The molecule has 2 rings (SSSR count). The summed E-state index contributed by atoms with van der Waals surface area (Å²) in [7, 11) is 1.42. The van der Waals surface area contributed by atoms with E-state index in [1.165, 1.54) is 25.3 Å². The summed E-state index contributed by atoms with van der Waals surface area (Å²) in [6.45, 7) is 0.241. The second kappa shape index (κ2) is 8.52. The zero-order valence-electron chi connectivity index (χ0n) is 13.2. The van der Waals surface area contributed by atoms with E-state index in [4.69, 9.17) is 9.47 Å². The third-order valence-electron chi connectivity index (χ3n) is 3.30. The van der Waals surface area contributed by atoms with Gasteiger partial charge in [0.15, 0.2) is 18.1 Å². The number of methoxy groups -OCH3 is 1. The number of carbonyl (C=O) groups excluding carboxylic acids is 1. The van der Waals surface area contributed by atoms with Crippen molar-refractivity contribution < 1.29 is 19.2 Å². The quantitative estimate of drug-likeness (QED) is 0.592. The van der Waals surface area contributed by atoms with Crippen molar-refractivity contribution in [3.05, 3.63) is 64.2 Å². The molecule has 0 bridgehead atoms. The third kappa shape index (κ3) is 4.98. The second-order valence-electron chi connectivity index (χ2n) is 4.97. The molecule has 7 nitrogen and oxygen atoms in total. The molecule has 0 unspecified atom stereocenters. The topological polar surface area (TPSA) is 90.7 Å². The molecule has 0 atom stereocenters. The van der Waals surface area contributed by atoms with Gasteiger partial charge in [-0.2, -0.15) is 0 Å². The summed E-state index contributed by atoms with van der Waals surface area (Å²) in [6, 6.07) is 13.8. The largest absolute Gasteiger partial charge is 0.493 e. The molecule has 2 aromatic carbocycles. The molecular weight excluding hydrogens is 312 g/mol. The molecule has 0 radical (unpaired) electrons. The molecule has 7 heteroatoms. The monoisotopic (exact) mass is 330 g/mol. The molecule has 0 heterocycles. The molecular formula is C17H18N2O5. The van der Waals surface area contributed by atoms with E-state index in [1.807, 2.05) is 30.3 Å². The van der Waals surface area contributed by atoms with Gasteiger partial charge in [0, 0.05) is 12.6 Å². The van der Waals surface area contributed by atoms with E-state index in [0.717, 1.165) is 5.56 Å². The Hall–Kier alpha value is -3.09. The molecule has 126 valence electrons. The van der Waals surface area contributed by atoms with Gasteiger partial charge in [-0.15, -0.1) is 0 Å². The van der Waals surface area contributed by atoms with Gasteiger partial charge in [0.05, 0.1) is 18.1 Å². The number of amides is 1. The van der Waals surface area contributed by atoms with Gasteiger partial charge < -0.3 is 14.8 Å². The number of nitro groups is 1. The van der Waals surface area contributed by atoms with Gasteiger partial charge in [0.1, 0.15) is 0 Å². The van der Waals surface area contributed by atoms with E-state index in [0.29, 0.717) is 18.7 Å². The Morgan fingerprint density at radius 1 is 1.17 bits per heavy atom. The minimum Gasteiger partial charge on any atom is -0.493 e. The van der Waals surface area contributed by atoms with Crippen molar-refractivity contribution in [2.45, 2.75) is 6.42 Å². The molecule has 0 aliphatic rings. The number of hydrogen-bond acceptors (Lipinski definition) is 5. The average Bonchev–Trinajstić information content (AvgIpc) is 2.60.